The number of aromatic nitrogens is 4. The van der Waals surface area contributed by atoms with Crippen LogP contribution in [-0.2, 0) is 19.6 Å². The van der Waals surface area contributed by atoms with Crippen molar-refractivity contribution >= 4 is 39.4 Å². The van der Waals surface area contributed by atoms with Crippen molar-refractivity contribution in [3.63, 3.8) is 0 Å². The number of pyridine rings is 2. The molecule has 1 amide bonds. The maximum Gasteiger partial charge on any atom is 0.255 e. The van der Waals surface area contributed by atoms with Crippen LogP contribution in [0, 0.1) is 3.57 Å². The Morgan fingerprint density at radius 3 is 2.65 bits per heavy atom. The normalized spacial score (nSPS) is 12.8. The number of carbonyl (C=O) groups is 1. The van der Waals surface area contributed by atoms with Crippen molar-refractivity contribution in [2.24, 2.45) is 0 Å². The molecule has 0 saturated heterocycles. The lowest BCUT2D eigenvalue weighted by molar-refractivity contribution is 0.0731. The van der Waals surface area contributed by atoms with Crippen LogP contribution in [0.25, 0.3) is 22.3 Å². The summed E-state index contributed by atoms with van der Waals surface area (Å²) in [7, 11) is 0. The summed E-state index contributed by atoms with van der Waals surface area (Å²) < 4.78 is 6.95. The number of fused-ring (bicyclic) bond motifs is 2. The molecule has 0 N–H and O–H groups in total. The molecule has 5 aromatic rings. The van der Waals surface area contributed by atoms with Gasteiger partial charge in [-0.2, -0.15) is 0 Å². The van der Waals surface area contributed by atoms with Gasteiger partial charge in [0.05, 0.1) is 29.0 Å². The lowest BCUT2D eigenvalue weighted by Gasteiger charge is -2.28. The molecule has 7 nitrogen and oxygen atoms in total. The maximum atomic E-state index is 13.2. The second-order valence-corrected chi connectivity index (χ2v) is 10.1. The van der Waals surface area contributed by atoms with Crippen molar-refractivity contribution < 1.29 is 9.53 Å². The number of hydrogen-bond donors (Lipinski definition) is 0. The van der Waals surface area contributed by atoms with Gasteiger partial charge in [-0.1, -0.05) is 18.2 Å². The van der Waals surface area contributed by atoms with Crippen molar-refractivity contribution in [3.05, 3.63) is 111 Å². The third-order valence-corrected chi connectivity index (χ3v) is 7.07. The van der Waals surface area contributed by atoms with Crippen molar-refractivity contribution in [3.8, 4) is 17.1 Å². The average molecular weight is 599 g/mol. The standard InChI is InChI=1S/C29H22IN5O2/c30-23-6-9-25(10-7-23)37-18-24-8-5-21(15-31-24)29(36)35-12-11-20-14-33-28(34-27(20)17-35)22-13-19-3-1-2-4-26(19)32-16-22/h1-10,13-16H,11-12,17-18H2. The van der Waals surface area contributed by atoms with Gasteiger partial charge in [-0.05, 0) is 83.1 Å². The lowest BCUT2D eigenvalue weighted by Crippen LogP contribution is -2.36. The summed E-state index contributed by atoms with van der Waals surface area (Å²) in [5.74, 6) is 1.34. The Morgan fingerprint density at radius 1 is 0.946 bits per heavy atom. The van der Waals surface area contributed by atoms with Crippen molar-refractivity contribution in [2.45, 2.75) is 19.6 Å². The van der Waals surface area contributed by atoms with Gasteiger partial charge in [0.1, 0.15) is 12.4 Å². The van der Waals surface area contributed by atoms with Crippen molar-refractivity contribution in [1.29, 1.82) is 0 Å². The van der Waals surface area contributed by atoms with Crippen LogP contribution in [0.2, 0.25) is 0 Å². The zero-order valence-electron chi connectivity index (χ0n) is 19.8. The smallest absolute Gasteiger partial charge is 0.255 e. The molecular weight excluding hydrogens is 577 g/mol. The molecule has 0 bridgehead atoms. The molecule has 0 fully saturated rings. The topological polar surface area (TPSA) is 81.1 Å². The molecule has 8 heteroatoms. The van der Waals surface area contributed by atoms with E-state index in [0.29, 0.717) is 37.5 Å². The second-order valence-electron chi connectivity index (χ2n) is 8.84. The van der Waals surface area contributed by atoms with E-state index in [9.17, 15) is 4.79 Å². The predicted molar refractivity (Wildman–Crippen MR) is 149 cm³/mol. The summed E-state index contributed by atoms with van der Waals surface area (Å²) in [6, 6.07) is 21.5. The molecule has 1 aliphatic rings. The quantitative estimate of drug-likeness (QED) is 0.250. The van der Waals surface area contributed by atoms with Crippen molar-refractivity contribution in [1.82, 2.24) is 24.8 Å². The molecule has 37 heavy (non-hydrogen) atoms. The minimum absolute atomic E-state index is 0.0595. The molecule has 0 saturated carbocycles. The summed E-state index contributed by atoms with van der Waals surface area (Å²) in [6.07, 6.45) is 6.01. The van der Waals surface area contributed by atoms with Gasteiger partial charge in [0.2, 0.25) is 0 Å². The summed E-state index contributed by atoms with van der Waals surface area (Å²) in [5, 5.41) is 1.04. The van der Waals surface area contributed by atoms with Gasteiger partial charge in [0.25, 0.3) is 5.91 Å². The molecule has 0 unspecified atom stereocenters. The molecule has 0 atom stereocenters. The van der Waals surface area contributed by atoms with Crippen LogP contribution in [-0.4, -0.2) is 37.3 Å². The zero-order chi connectivity index (χ0) is 25.2. The molecule has 3 aromatic heterocycles. The zero-order valence-corrected chi connectivity index (χ0v) is 22.0. The van der Waals surface area contributed by atoms with Gasteiger partial charge >= 0.3 is 0 Å². The number of carbonyl (C=O) groups excluding carboxylic acids is 1. The van der Waals surface area contributed by atoms with Gasteiger partial charge < -0.3 is 9.64 Å². The summed E-state index contributed by atoms with van der Waals surface area (Å²) in [4.78, 5) is 33.4. The Kier molecular flexibility index (Phi) is 6.48. The average Bonchev–Trinajstić information content (AvgIpc) is 2.96. The van der Waals surface area contributed by atoms with Gasteiger partial charge in [-0.25, -0.2) is 9.97 Å². The van der Waals surface area contributed by atoms with E-state index in [1.54, 1.807) is 12.4 Å². The van der Waals surface area contributed by atoms with E-state index >= 15 is 0 Å². The molecular formula is C29H22IN5O2. The Morgan fingerprint density at radius 2 is 1.81 bits per heavy atom. The number of benzene rings is 2. The van der Waals surface area contributed by atoms with Crippen LogP contribution in [0.4, 0.5) is 0 Å². The summed E-state index contributed by atoms with van der Waals surface area (Å²) in [5.41, 5.74) is 5.05. The largest absolute Gasteiger partial charge is 0.487 e. The molecule has 1 aliphatic heterocycles. The van der Waals surface area contributed by atoms with Crippen LogP contribution >= 0.6 is 22.6 Å². The molecule has 0 radical (unpaired) electrons. The number of hydrogen-bond acceptors (Lipinski definition) is 6. The van der Waals surface area contributed by atoms with Gasteiger partial charge in [-0.3, -0.25) is 14.8 Å². The first-order valence-electron chi connectivity index (χ1n) is 11.9. The number of rotatable bonds is 5. The minimum atomic E-state index is -0.0595. The SMILES string of the molecule is O=C(c1ccc(COc2ccc(I)cc2)nc1)N1CCc2cnc(-c3cnc4ccccc4c3)nc2C1. The van der Waals surface area contributed by atoms with E-state index in [2.05, 4.69) is 37.5 Å². The highest BCUT2D eigenvalue weighted by atomic mass is 127. The maximum absolute atomic E-state index is 13.2. The fraction of sp³-hybridized carbons (Fsp3) is 0.138. The number of amides is 1. The van der Waals surface area contributed by atoms with Crippen LogP contribution in [0.5, 0.6) is 5.75 Å². The fourth-order valence-corrected chi connectivity index (χ4v) is 4.68. The first kappa shape index (κ1) is 23.5. The molecule has 0 spiro atoms. The van der Waals surface area contributed by atoms with Crippen molar-refractivity contribution in [2.75, 3.05) is 6.54 Å². The first-order valence-corrected chi connectivity index (χ1v) is 13.0. The van der Waals surface area contributed by atoms with E-state index in [1.165, 1.54) is 0 Å². The van der Waals surface area contributed by atoms with E-state index in [0.717, 1.165) is 42.7 Å². The van der Waals surface area contributed by atoms with Crippen LogP contribution < -0.4 is 4.74 Å². The van der Waals surface area contributed by atoms with Gasteiger partial charge in [-0.15, -0.1) is 0 Å². The highest BCUT2D eigenvalue weighted by Gasteiger charge is 2.24. The molecule has 6 rings (SSSR count). The van der Waals surface area contributed by atoms with E-state index < -0.39 is 0 Å². The summed E-state index contributed by atoms with van der Waals surface area (Å²) >= 11 is 2.26. The number of ether oxygens (including phenoxy) is 1. The van der Waals surface area contributed by atoms with E-state index in [1.807, 2.05) is 77.8 Å². The van der Waals surface area contributed by atoms with Crippen LogP contribution in [0.3, 0.4) is 0 Å². The third-order valence-electron chi connectivity index (χ3n) is 6.35. The summed E-state index contributed by atoms with van der Waals surface area (Å²) in [6.45, 7) is 1.39. The Labute approximate surface area is 227 Å². The molecule has 2 aromatic carbocycles. The Balaban J connectivity index is 1.15. The highest BCUT2D eigenvalue weighted by molar-refractivity contribution is 14.1. The first-order chi connectivity index (χ1) is 18.1. The van der Waals surface area contributed by atoms with Gasteiger partial charge in [0.15, 0.2) is 5.82 Å². The Hall–Kier alpha value is -3.92. The van der Waals surface area contributed by atoms with Gasteiger partial charge in [0, 0.05) is 39.7 Å². The number of para-hydroxylation sites is 1. The molecule has 0 aliphatic carbocycles. The van der Waals surface area contributed by atoms with Crippen LogP contribution in [0.15, 0.2) is 85.3 Å². The minimum Gasteiger partial charge on any atom is -0.487 e. The monoisotopic (exact) mass is 599 g/mol. The fourth-order valence-electron chi connectivity index (χ4n) is 4.32. The predicted octanol–water partition coefficient (Wildman–Crippen LogP) is 5.47. The molecule has 4 heterocycles. The number of nitrogens with zero attached hydrogens (tertiary/aromatic N) is 5. The lowest BCUT2D eigenvalue weighted by atomic mass is 10.1. The molecule has 182 valence electrons. The second kappa shape index (κ2) is 10.2. The Bertz CT molecular complexity index is 1590. The van der Waals surface area contributed by atoms with Crippen LogP contribution in [0.1, 0.15) is 27.3 Å². The third kappa shape index (κ3) is 5.15. The van der Waals surface area contributed by atoms with E-state index in [4.69, 9.17) is 9.72 Å². The number of halogens is 1. The highest BCUT2D eigenvalue weighted by Crippen LogP contribution is 2.24. The van der Waals surface area contributed by atoms with E-state index in [-0.39, 0.29) is 5.91 Å².